The first kappa shape index (κ1) is 23.9. The van der Waals surface area contributed by atoms with Gasteiger partial charge in [-0.25, -0.2) is 8.42 Å². The molecule has 0 heterocycles. The zero-order chi connectivity index (χ0) is 20.8. The highest BCUT2D eigenvalue weighted by Gasteiger charge is 2.31. The summed E-state index contributed by atoms with van der Waals surface area (Å²) in [6.45, 7) is 8.56. The number of amides is 1. The fourth-order valence-corrected chi connectivity index (χ4v) is 4.77. The zero-order valence-electron chi connectivity index (χ0n) is 16.7. The third-order valence-corrected chi connectivity index (χ3v) is 6.41. The van der Waals surface area contributed by atoms with Crippen molar-refractivity contribution in [2.75, 3.05) is 30.0 Å². The van der Waals surface area contributed by atoms with Crippen molar-refractivity contribution in [2.24, 2.45) is 0 Å². The Morgan fingerprint density at radius 3 is 2.44 bits per heavy atom. The van der Waals surface area contributed by atoms with Gasteiger partial charge in [0.2, 0.25) is 15.9 Å². The molecule has 1 N–H and O–H groups in total. The number of rotatable bonds is 9. The molecule has 154 valence electrons. The number of thioether (sulfide) groups is 1. The van der Waals surface area contributed by atoms with Crippen molar-refractivity contribution in [1.82, 2.24) is 5.32 Å². The van der Waals surface area contributed by atoms with E-state index in [-0.39, 0.29) is 15.7 Å². The molecule has 1 aromatic rings. The molecule has 0 radical (unpaired) electrons. The summed E-state index contributed by atoms with van der Waals surface area (Å²) in [6, 6.07) is 3.80. The van der Waals surface area contributed by atoms with Crippen molar-refractivity contribution in [2.45, 2.75) is 44.9 Å². The van der Waals surface area contributed by atoms with Crippen molar-refractivity contribution in [1.29, 1.82) is 0 Å². The number of sulfonamides is 1. The summed E-state index contributed by atoms with van der Waals surface area (Å²) in [5, 5.41) is 3.12. The molecular formula is C18H29ClN2O4S2. The van der Waals surface area contributed by atoms with E-state index in [1.807, 2.05) is 0 Å². The molecule has 1 rings (SSSR count). The Labute approximate surface area is 172 Å². The lowest BCUT2D eigenvalue weighted by molar-refractivity contribution is -0.122. The highest BCUT2D eigenvalue weighted by atomic mass is 35.5. The van der Waals surface area contributed by atoms with Crippen LogP contribution in [-0.2, 0) is 14.8 Å². The van der Waals surface area contributed by atoms with Crippen LogP contribution in [0.5, 0.6) is 5.75 Å². The zero-order valence-corrected chi connectivity index (χ0v) is 19.1. The van der Waals surface area contributed by atoms with E-state index in [0.29, 0.717) is 24.4 Å². The molecule has 1 aromatic carbocycles. The van der Waals surface area contributed by atoms with Gasteiger partial charge in [-0.3, -0.25) is 9.10 Å². The molecule has 1 unspecified atom stereocenters. The van der Waals surface area contributed by atoms with E-state index in [1.54, 1.807) is 30.8 Å². The standard InChI is InChI=1S/C18H29ClN2O4S2/c1-7-15(17(22)20-10-11-26-18(2,3)4)21(27(6,23)24)13-8-9-16(25-5)14(19)12-13/h8-9,12,15H,7,10-11H2,1-6H3,(H,20,22). The van der Waals surface area contributed by atoms with E-state index in [1.165, 1.54) is 13.2 Å². The number of hydrogen-bond acceptors (Lipinski definition) is 5. The van der Waals surface area contributed by atoms with Crippen molar-refractivity contribution in [3.05, 3.63) is 23.2 Å². The molecule has 0 aliphatic heterocycles. The molecule has 6 nitrogen and oxygen atoms in total. The highest BCUT2D eigenvalue weighted by Crippen LogP contribution is 2.31. The van der Waals surface area contributed by atoms with Gasteiger partial charge in [0.05, 0.1) is 24.1 Å². The Bertz CT molecular complexity index is 748. The summed E-state index contributed by atoms with van der Waals surface area (Å²) < 4.78 is 31.2. The van der Waals surface area contributed by atoms with Gasteiger partial charge in [-0.05, 0) is 24.6 Å². The molecule has 27 heavy (non-hydrogen) atoms. The van der Waals surface area contributed by atoms with Crippen molar-refractivity contribution in [3.63, 3.8) is 0 Å². The van der Waals surface area contributed by atoms with Crippen LogP contribution in [0.2, 0.25) is 5.02 Å². The second-order valence-electron chi connectivity index (χ2n) is 7.05. The Balaban J connectivity index is 3.03. The first-order valence-electron chi connectivity index (χ1n) is 8.65. The van der Waals surface area contributed by atoms with Gasteiger partial charge in [0.15, 0.2) is 0 Å². The molecule has 0 saturated heterocycles. The van der Waals surface area contributed by atoms with E-state index in [4.69, 9.17) is 16.3 Å². The monoisotopic (exact) mass is 436 g/mol. The third kappa shape index (κ3) is 7.43. The second kappa shape index (κ2) is 9.89. The maximum absolute atomic E-state index is 12.7. The van der Waals surface area contributed by atoms with Crippen LogP contribution in [0, 0.1) is 0 Å². The van der Waals surface area contributed by atoms with Crippen LogP contribution in [0.1, 0.15) is 34.1 Å². The molecule has 0 bridgehead atoms. The number of nitrogens with one attached hydrogen (secondary N) is 1. The van der Waals surface area contributed by atoms with Gasteiger partial charge < -0.3 is 10.1 Å². The minimum atomic E-state index is -3.70. The minimum absolute atomic E-state index is 0.105. The molecule has 9 heteroatoms. The average molecular weight is 437 g/mol. The fourth-order valence-electron chi connectivity index (χ4n) is 2.50. The summed E-state index contributed by atoms with van der Waals surface area (Å²) in [6.07, 6.45) is 1.41. The highest BCUT2D eigenvalue weighted by molar-refractivity contribution is 8.00. The average Bonchev–Trinajstić information content (AvgIpc) is 2.54. The van der Waals surface area contributed by atoms with Gasteiger partial charge in [-0.1, -0.05) is 39.3 Å². The van der Waals surface area contributed by atoms with Crippen LogP contribution in [0.25, 0.3) is 0 Å². The van der Waals surface area contributed by atoms with Crippen molar-refractivity contribution >= 4 is 45.0 Å². The number of nitrogens with zero attached hydrogens (tertiary/aromatic N) is 1. The molecule has 0 spiro atoms. The van der Waals surface area contributed by atoms with Crippen LogP contribution >= 0.6 is 23.4 Å². The quantitative estimate of drug-likeness (QED) is 0.599. The summed E-state index contributed by atoms with van der Waals surface area (Å²) in [5.41, 5.74) is 0.328. The van der Waals surface area contributed by atoms with Gasteiger partial charge in [0, 0.05) is 17.0 Å². The predicted molar refractivity (Wildman–Crippen MR) is 115 cm³/mol. The first-order valence-corrected chi connectivity index (χ1v) is 11.9. The number of benzene rings is 1. The number of halogens is 1. The molecule has 0 aromatic heterocycles. The minimum Gasteiger partial charge on any atom is -0.495 e. The van der Waals surface area contributed by atoms with E-state index < -0.39 is 16.1 Å². The summed E-state index contributed by atoms with van der Waals surface area (Å²) in [7, 11) is -2.22. The van der Waals surface area contributed by atoms with Gasteiger partial charge in [-0.15, -0.1) is 0 Å². The predicted octanol–water partition coefficient (Wildman–Crippen LogP) is 3.54. The van der Waals surface area contributed by atoms with Crippen LogP contribution < -0.4 is 14.4 Å². The lowest BCUT2D eigenvalue weighted by Gasteiger charge is -2.30. The first-order chi connectivity index (χ1) is 12.4. The molecule has 0 aliphatic carbocycles. The van der Waals surface area contributed by atoms with Crippen LogP contribution in [-0.4, -0.2) is 50.8 Å². The Hall–Kier alpha value is -1.12. The second-order valence-corrected chi connectivity index (χ2v) is 11.2. The van der Waals surface area contributed by atoms with Crippen LogP contribution in [0.4, 0.5) is 5.69 Å². The van der Waals surface area contributed by atoms with Crippen molar-refractivity contribution in [3.8, 4) is 5.75 Å². The van der Waals surface area contributed by atoms with Gasteiger partial charge in [-0.2, -0.15) is 11.8 Å². The smallest absolute Gasteiger partial charge is 0.243 e. The summed E-state index contributed by atoms with van der Waals surface area (Å²) >= 11 is 7.88. The molecule has 0 fully saturated rings. The number of hydrogen-bond donors (Lipinski definition) is 1. The van der Waals surface area contributed by atoms with E-state index >= 15 is 0 Å². The topological polar surface area (TPSA) is 75.7 Å². The Morgan fingerprint density at radius 2 is 2.00 bits per heavy atom. The maximum Gasteiger partial charge on any atom is 0.243 e. The number of carbonyl (C=O) groups excluding carboxylic acids is 1. The number of carbonyl (C=O) groups is 1. The van der Waals surface area contributed by atoms with Gasteiger partial charge in [0.1, 0.15) is 11.8 Å². The Morgan fingerprint density at radius 1 is 1.37 bits per heavy atom. The SMILES string of the molecule is CCC(C(=O)NCCSC(C)(C)C)N(c1ccc(OC)c(Cl)c1)S(C)(=O)=O. The Kier molecular flexibility index (Phi) is 8.76. The largest absolute Gasteiger partial charge is 0.495 e. The van der Waals surface area contributed by atoms with Crippen LogP contribution in [0.15, 0.2) is 18.2 Å². The molecule has 0 aliphatic rings. The summed E-state index contributed by atoms with van der Waals surface area (Å²) in [5.74, 6) is 0.855. The molecular weight excluding hydrogens is 408 g/mol. The molecule has 1 amide bonds. The summed E-state index contributed by atoms with van der Waals surface area (Å²) in [4.78, 5) is 12.7. The fraction of sp³-hybridized carbons (Fsp3) is 0.611. The van der Waals surface area contributed by atoms with Crippen LogP contribution in [0.3, 0.4) is 0 Å². The molecule has 0 saturated carbocycles. The van der Waals surface area contributed by atoms with E-state index in [9.17, 15) is 13.2 Å². The number of methoxy groups -OCH3 is 1. The van der Waals surface area contributed by atoms with Gasteiger partial charge >= 0.3 is 0 Å². The lowest BCUT2D eigenvalue weighted by atomic mass is 10.2. The third-order valence-electron chi connectivity index (χ3n) is 3.66. The normalized spacial score (nSPS) is 13.1. The number of anilines is 1. The molecule has 1 atom stereocenters. The maximum atomic E-state index is 12.7. The number of ether oxygens (including phenoxy) is 1. The van der Waals surface area contributed by atoms with Crippen molar-refractivity contribution < 1.29 is 17.9 Å². The lowest BCUT2D eigenvalue weighted by Crippen LogP contribution is -2.49. The van der Waals surface area contributed by atoms with Gasteiger partial charge in [0.25, 0.3) is 0 Å². The van der Waals surface area contributed by atoms with E-state index in [2.05, 4.69) is 26.1 Å². The van der Waals surface area contributed by atoms with E-state index in [0.717, 1.165) is 16.3 Å².